The van der Waals surface area contributed by atoms with Crippen LogP contribution in [0, 0.1) is 48.4 Å². The number of carbonyl (C=O) groups excluding carboxylic acids is 2. The lowest BCUT2D eigenvalue weighted by Gasteiger charge is -2.31. The number of carbonyl (C=O) groups is 4. The number of aromatic nitrogens is 12. The summed E-state index contributed by atoms with van der Waals surface area (Å²) in [5, 5.41) is 62.8. The molecule has 4 aliphatic rings. The van der Waals surface area contributed by atoms with Gasteiger partial charge >= 0.3 is 11.9 Å². The Kier molecular flexibility index (Phi) is 27.2. The maximum atomic E-state index is 14.1. The van der Waals surface area contributed by atoms with Crippen LogP contribution < -0.4 is 10.6 Å². The van der Waals surface area contributed by atoms with Gasteiger partial charge in [0, 0.05) is 212 Å². The lowest BCUT2D eigenvalue weighted by Crippen LogP contribution is -2.40. The average molecular weight is 1680 g/mol. The molecule has 26 nitrogen and oxygen atoms in total. The van der Waals surface area contributed by atoms with E-state index in [-0.39, 0.29) is 61.3 Å². The number of halogens is 8. The van der Waals surface area contributed by atoms with Crippen molar-refractivity contribution in [2.75, 3.05) is 78.5 Å². The maximum absolute atomic E-state index is 14.1. The molecule has 0 radical (unpaired) electrons. The molecule has 16 rings (SSSR count). The van der Waals surface area contributed by atoms with Crippen molar-refractivity contribution < 1.29 is 64.5 Å². The van der Waals surface area contributed by atoms with Crippen LogP contribution in [0.25, 0.3) is 43.6 Å². The fraction of sp³-hybridized carbons (Fsp3) is 0.386. The van der Waals surface area contributed by atoms with Gasteiger partial charge in [0.15, 0.2) is 12.4 Å². The van der Waals surface area contributed by atoms with Gasteiger partial charge in [0.2, 0.25) is 0 Å². The molecule has 4 aromatic carbocycles. The standard InChI is InChI=1S/C23H24F2N6O.C22H22F2N6O.C22H24F2N4O2.C21H22F2N4O2/c1-16-2-3-21-19(12-16)20(13-17-14-27-7-4-18(17)22(32)28-15-26)29-31(21)11-10-30-8-5-23(24,25)6-9-30;1-22(24)5-7-29(13-22)8-9-30-20-3-2-16(23)11-18(20)19(28-30)10-15-12-26-6-4-17(15)21(31)27-14-25;1-15-2-3-20-18(12-15)19(13-16-14-25-7-4-17(16)21(29)30)26-28(20)11-10-27-8-5-22(23,24)6-9-27;1-21(23)5-7-26(13-21)8-9-27-19-3-2-15(22)11-17(19)18(25-27)10-14-12-24-6-4-16(14)20(28)29/h2-4,7,12,14H,5-6,8-11,13H2,1H3,(H,28,32);2-4,6,11-12H,5,7-10,13H2,1H3,(H,27,31);2-4,7,12,14H,5-6,8-11,13H2,1H3,(H,29,30);2-4,6,11-12H,5,7-10,13H2,1H3,(H,28,29). The Labute approximate surface area is 697 Å². The molecular weight excluding hydrogens is 1590 g/mol. The van der Waals surface area contributed by atoms with Crippen molar-refractivity contribution >= 4 is 67.4 Å². The first-order valence-electron chi connectivity index (χ1n) is 40.2. The number of nitriles is 2. The molecule has 2 amide bonds. The van der Waals surface area contributed by atoms with Crippen LogP contribution in [0.1, 0.15) is 150 Å². The third-order valence-corrected chi connectivity index (χ3v) is 22.6. The number of piperidine rings is 2. The summed E-state index contributed by atoms with van der Waals surface area (Å²) in [4.78, 5) is 72.0. The molecule has 122 heavy (non-hydrogen) atoms. The summed E-state index contributed by atoms with van der Waals surface area (Å²) in [5.41, 5.74) is 9.53. The summed E-state index contributed by atoms with van der Waals surface area (Å²) >= 11 is 0. The number of rotatable bonds is 24. The van der Waals surface area contributed by atoms with Crippen LogP contribution in [0.3, 0.4) is 0 Å². The van der Waals surface area contributed by atoms with Crippen LogP contribution in [-0.2, 0) is 51.9 Å². The molecule has 4 fully saturated rings. The average Bonchev–Trinajstić information content (AvgIpc) is 1.65. The predicted octanol–water partition coefficient (Wildman–Crippen LogP) is 13.1. The number of nitrogens with one attached hydrogen (secondary N) is 2. The lowest BCUT2D eigenvalue weighted by molar-refractivity contribution is -0.0560. The highest BCUT2D eigenvalue weighted by Crippen LogP contribution is 2.34. The van der Waals surface area contributed by atoms with Crippen LogP contribution in [0.5, 0.6) is 0 Å². The van der Waals surface area contributed by atoms with E-state index >= 15 is 0 Å². The Morgan fingerprint density at radius 1 is 0.393 bits per heavy atom. The molecule has 8 aromatic heterocycles. The van der Waals surface area contributed by atoms with E-state index < -0.39 is 46.9 Å². The number of amides is 2. The highest BCUT2D eigenvalue weighted by atomic mass is 19.3. The quantitative estimate of drug-likeness (QED) is 0.0248. The lowest BCUT2D eigenvalue weighted by atomic mass is 10.0. The van der Waals surface area contributed by atoms with Crippen molar-refractivity contribution in [2.24, 2.45) is 0 Å². The van der Waals surface area contributed by atoms with Gasteiger partial charge < -0.3 is 20.0 Å². The first kappa shape index (κ1) is 87.3. The molecule has 0 spiro atoms. The van der Waals surface area contributed by atoms with Gasteiger partial charge in [0.05, 0.1) is 82.1 Å². The third-order valence-electron chi connectivity index (χ3n) is 22.6. The number of pyridine rings is 4. The molecule has 12 aromatic rings. The highest BCUT2D eigenvalue weighted by molar-refractivity contribution is 5.98. The largest absolute Gasteiger partial charge is 0.478 e. The van der Waals surface area contributed by atoms with Gasteiger partial charge in [-0.05, 0) is 148 Å². The van der Waals surface area contributed by atoms with Gasteiger partial charge in [0.25, 0.3) is 23.7 Å². The number of benzene rings is 4. The topological polar surface area (TPSA) is 316 Å². The zero-order valence-electron chi connectivity index (χ0n) is 67.8. The number of nitrogens with zero attached hydrogens (tertiary/aromatic N) is 18. The summed E-state index contributed by atoms with van der Waals surface area (Å²) in [7, 11) is 0. The van der Waals surface area contributed by atoms with Crippen molar-refractivity contribution in [1.29, 1.82) is 10.5 Å². The number of carboxylic acids is 2. The van der Waals surface area contributed by atoms with E-state index in [0.29, 0.717) is 186 Å². The first-order chi connectivity index (χ1) is 58.4. The number of likely N-dealkylation sites (tertiary alicyclic amines) is 4. The zero-order valence-corrected chi connectivity index (χ0v) is 67.8. The summed E-state index contributed by atoms with van der Waals surface area (Å²) in [5.74, 6) is -8.91. The number of fused-ring (bicyclic) bond motifs is 4. The minimum Gasteiger partial charge on any atom is -0.478 e. The van der Waals surface area contributed by atoms with E-state index in [1.54, 1.807) is 72.4 Å². The van der Waals surface area contributed by atoms with Crippen molar-refractivity contribution in [3.05, 3.63) is 237 Å². The van der Waals surface area contributed by atoms with Gasteiger partial charge in [-0.3, -0.25) is 68.7 Å². The van der Waals surface area contributed by atoms with Crippen LogP contribution in [0.2, 0.25) is 0 Å². The minimum atomic E-state index is -2.56. The molecule has 4 N–H and O–H groups in total. The second-order valence-corrected chi connectivity index (χ2v) is 31.9. The normalized spacial score (nSPS) is 17.9. The van der Waals surface area contributed by atoms with Crippen LogP contribution in [0.4, 0.5) is 35.1 Å². The highest BCUT2D eigenvalue weighted by Gasteiger charge is 2.37. The summed E-state index contributed by atoms with van der Waals surface area (Å²) in [6.07, 6.45) is 17.2. The van der Waals surface area contributed by atoms with Crippen molar-refractivity contribution in [2.45, 2.75) is 141 Å². The van der Waals surface area contributed by atoms with Gasteiger partial charge in [-0.1, -0.05) is 23.3 Å². The van der Waals surface area contributed by atoms with Gasteiger partial charge in [0.1, 0.15) is 23.0 Å². The van der Waals surface area contributed by atoms with E-state index in [4.69, 9.17) is 20.7 Å². The van der Waals surface area contributed by atoms with Crippen molar-refractivity contribution in [1.82, 2.24) is 89.3 Å². The second kappa shape index (κ2) is 38.1. The molecule has 12 heterocycles. The van der Waals surface area contributed by atoms with Crippen molar-refractivity contribution in [3.63, 3.8) is 0 Å². The van der Waals surface area contributed by atoms with E-state index in [1.807, 2.05) is 63.3 Å². The molecule has 34 heteroatoms. The Balaban J connectivity index is 0.000000140. The fourth-order valence-corrected chi connectivity index (χ4v) is 16.0. The number of aryl methyl sites for hydroxylation is 2. The Bertz CT molecular complexity index is 5890. The number of alkyl halides is 6. The Morgan fingerprint density at radius 2 is 0.672 bits per heavy atom. The molecule has 2 unspecified atom stereocenters. The zero-order chi connectivity index (χ0) is 86.6. The van der Waals surface area contributed by atoms with Crippen LogP contribution in [0.15, 0.2) is 147 Å². The summed E-state index contributed by atoms with van der Waals surface area (Å²) in [6.45, 7) is 15.8. The molecule has 4 aliphatic heterocycles. The number of hydrogen-bond donors (Lipinski definition) is 4. The Morgan fingerprint density at radius 3 is 0.967 bits per heavy atom. The van der Waals surface area contributed by atoms with Gasteiger partial charge in [-0.25, -0.2) is 44.7 Å². The van der Waals surface area contributed by atoms with E-state index in [2.05, 4.69) is 56.6 Å². The predicted molar refractivity (Wildman–Crippen MR) is 439 cm³/mol. The maximum Gasteiger partial charge on any atom is 0.336 e. The monoisotopic (exact) mass is 1680 g/mol. The van der Waals surface area contributed by atoms with E-state index in [9.17, 15) is 64.5 Å². The van der Waals surface area contributed by atoms with E-state index in [0.717, 1.165) is 55.4 Å². The first-order valence-corrected chi connectivity index (χ1v) is 40.2. The summed E-state index contributed by atoms with van der Waals surface area (Å²) in [6, 6.07) is 27.2. The molecule has 4 saturated heterocycles. The molecule has 0 saturated carbocycles. The minimum absolute atomic E-state index is 0.101. The van der Waals surface area contributed by atoms with Crippen molar-refractivity contribution in [3.8, 4) is 12.4 Å². The van der Waals surface area contributed by atoms with Crippen LogP contribution >= 0.6 is 0 Å². The molecule has 0 bridgehead atoms. The molecular formula is C88H92F8N20O6. The summed E-state index contributed by atoms with van der Waals surface area (Å²) < 4.78 is 117. The number of aromatic carboxylic acids is 2. The van der Waals surface area contributed by atoms with Gasteiger partial charge in [-0.15, -0.1) is 0 Å². The molecule has 636 valence electrons. The fourth-order valence-electron chi connectivity index (χ4n) is 16.0. The van der Waals surface area contributed by atoms with E-state index in [1.165, 1.54) is 73.4 Å². The number of hydrogen-bond acceptors (Lipinski definition) is 18. The number of carboxylic acid groups (broad SMARTS) is 2. The molecule has 2 atom stereocenters. The SMILES string of the molecule is CC1(F)CCN(CCn2nc(Cc3cnccc3C(=O)NC#N)c3cc(F)ccc32)C1.CC1(F)CCN(CCn2nc(Cc3cnccc3C(=O)O)c3cc(F)ccc32)C1.Cc1ccc2c(c1)c(Cc1cnccc1C(=O)NC#N)nn2CCN1CCC(F)(F)CC1.Cc1ccc2c(c1)c(Cc1cnccc1C(=O)O)nn2CCN1CCC(F)(F)CC1. The van der Waals surface area contributed by atoms with Crippen LogP contribution in [-0.4, -0.2) is 214 Å². The molecule has 0 aliphatic carbocycles. The van der Waals surface area contributed by atoms with Gasteiger partial charge in [-0.2, -0.15) is 30.9 Å². The second-order valence-electron chi connectivity index (χ2n) is 31.9. The Hall–Kier alpha value is -12.5. The third kappa shape index (κ3) is 22.0. The smallest absolute Gasteiger partial charge is 0.336 e.